The predicted octanol–water partition coefficient (Wildman–Crippen LogP) is 5.05. The molecule has 9 heteroatoms. The highest BCUT2D eigenvalue weighted by Gasteiger charge is 2.34. The maximum Gasteiger partial charge on any atom is 0.232 e. The van der Waals surface area contributed by atoms with E-state index in [-0.39, 0.29) is 5.41 Å². The summed E-state index contributed by atoms with van der Waals surface area (Å²) in [6.45, 7) is 6.34. The van der Waals surface area contributed by atoms with Crippen LogP contribution in [0.25, 0.3) is 0 Å². The van der Waals surface area contributed by atoms with Crippen molar-refractivity contribution in [3.63, 3.8) is 0 Å². The van der Waals surface area contributed by atoms with Crippen molar-refractivity contribution in [2.75, 3.05) is 43.1 Å². The van der Waals surface area contributed by atoms with E-state index in [1.165, 1.54) is 12.0 Å². The standard InChI is InChI=1S/C23H29Cl2N5OS/c1-16-3-2-10-30(14-16)20-13-19(25)27-21(28-20)29-22(32)26-15-23(8-11-31-12-9-23)17-4-6-18(24)7-5-17/h4-7,13,16H,2-3,8-12,14-15H2,1H3,(H2,26,27,28,29,32)/t16-/m1/s1. The zero-order chi connectivity index (χ0) is 22.6. The quantitative estimate of drug-likeness (QED) is 0.445. The first-order chi connectivity index (χ1) is 15.4. The van der Waals surface area contributed by atoms with Crippen LogP contribution in [-0.2, 0) is 10.2 Å². The van der Waals surface area contributed by atoms with Gasteiger partial charge in [-0.25, -0.2) is 4.98 Å². The number of rotatable bonds is 5. The number of nitrogens with zero attached hydrogens (tertiary/aromatic N) is 3. The Morgan fingerprint density at radius 3 is 2.69 bits per heavy atom. The van der Waals surface area contributed by atoms with Gasteiger partial charge in [-0.3, -0.25) is 0 Å². The van der Waals surface area contributed by atoms with E-state index in [2.05, 4.69) is 44.6 Å². The molecule has 0 unspecified atom stereocenters. The van der Waals surface area contributed by atoms with E-state index >= 15 is 0 Å². The third-order valence-corrected chi connectivity index (χ3v) is 7.07. The van der Waals surface area contributed by atoms with Crippen molar-refractivity contribution in [1.82, 2.24) is 15.3 Å². The molecule has 0 aliphatic carbocycles. The Morgan fingerprint density at radius 1 is 1.22 bits per heavy atom. The second kappa shape index (κ2) is 10.5. The van der Waals surface area contributed by atoms with Gasteiger partial charge in [-0.1, -0.05) is 42.3 Å². The van der Waals surface area contributed by atoms with Crippen LogP contribution >= 0.6 is 35.4 Å². The Bertz CT molecular complexity index is 936. The molecular weight excluding hydrogens is 465 g/mol. The number of piperidine rings is 1. The van der Waals surface area contributed by atoms with Gasteiger partial charge in [0.2, 0.25) is 5.95 Å². The van der Waals surface area contributed by atoms with Crippen molar-refractivity contribution in [2.45, 2.75) is 38.0 Å². The molecule has 1 atom stereocenters. The molecule has 6 nitrogen and oxygen atoms in total. The summed E-state index contributed by atoms with van der Waals surface area (Å²) in [7, 11) is 0. The van der Waals surface area contributed by atoms with Gasteiger partial charge in [-0.05, 0) is 61.5 Å². The predicted molar refractivity (Wildman–Crippen MR) is 135 cm³/mol. The fourth-order valence-corrected chi connectivity index (χ4v) is 5.02. The number of ether oxygens (including phenoxy) is 1. The molecule has 32 heavy (non-hydrogen) atoms. The fourth-order valence-electron chi connectivity index (χ4n) is 4.55. The molecule has 2 saturated heterocycles. The molecule has 2 aromatic rings. The lowest BCUT2D eigenvalue weighted by Gasteiger charge is -2.38. The van der Waals surface area contributed by atoms with E-state index < -0.39 is 0 Å². The first-order valence-corrected chi connectivity index (χ1v) is 12.3. The molecule has 0 saturated carbocycles. The van der Waals surface area contributed by atoms with E-state index in [1.54, 1.807) is 0 Å². The number of hydrogen-bond acceptors (Lipinski definition) is 5. The average Bonchev–Trinajstić information content (AvgIpc) is 2.78. The third kappa shape index (κ3) is 5.81. The zero-order valence-corrected chi connectivity index (χ0v) is 20.6. The molecule has 0 radical (unpaired) electrons. The molecular formula is C23H29Cl2N5OS. The summed E-state index contributed by atoms with van der Waals surface area (Å²) in [6.07, 6.45) is 4.22. The highest BCUT2D eigenvalue weighted by molar-refractivity contribution is 7.80. The van der Waals surface area contributed by atoms with E-state index in [1.807, 2.05) is 18.2 Å². The molecule has 0 bridgehead atoms. The van der Waals surface area contributed by atoms with Crippen LogP contribution in [0, 0.1) is 5.92 Å². The van der Waals surface area contributed by atoms with Crippen LogP contribution < -0.4 is 15.5 Å². The summed E-state index contributed by atoms with van der Waals surface area (Å²) in [5, 5.41) is 8.12. The van der Waals surface area contributed by atoms with Crippen LogP contribution in [0.3, 0.4) is 0 Å². The van der Waals surface area contributed by atoms with Gasteiger partial charge in [-0.15, -0.1) is 0 Å². The van der Waals surface area contributed by atoms with E-state index in [0.717, 1.165) is 56.4 Å². The normalized spacial score (nSPS) is 20.6. The van der Waals surface area contributed by atoms with E-state index in [4.69, 9.17) is 40.2 Å². The van der Waals surface area contributed by atoms with Crippen molar-refractivity contribution in [2.24, 2.45) is 5.92 Å². The maximum atomic E-state index is 6.30. The number of hydrogen-bond donors (Lipinski definition) is 2. The Morgan fingerprint density at radius 2 is 1.97 bits per heavy atom. The van der Waals surface area contributed by atoms with Crippen molar-refractivity contribution in [3.05, 3.63) is 46.1 Å². The SMILES string of the molecule is C[C@@H]1CCCN(c2cc(Cl)nc(NC(=S)NCC3(c4ccc(Cl)cc4)CCOCC3)n2)C1. The third-order valence-electron chi connectivity index (χ3n) is 6.38. The second-order valence-corrected chi connectivity index (χ2v) is 10.0. The minimum Gasteiger partial charge on any atom is -0.381 e. The molecule has 2 aliphatic heterocycles. The Hall–Kier alpha value is -1.67. The van der Waals surface area contributed by atoms with Gasteiger partial charge in [0.05, 0.1) is 0 Å². The van der Waals surface area contributed by atoms with Gasteiger partial charge >= 0.3 is 0 Å². The molecule has 1 aromatic heterocycles. The second-order valence-electron chi connectivity index (χ2n) is 8.77. The molecule has 2 fully saturated rings. The van der Waals surface area contributed by atoms with Crippen molar-refractivity contribution in [1.29, 1.82) is 0 Å². The number of aromatic nitrogens is 2. The van der Waals surface area contributed by atoms with Crippen molar-refractivity contribution >= 4 is 52.3 Å². The molecule has 0 spiro atoms. The van der Waals surface area contributed by atoms with Crippen LogP contribution in [0.15, 0.2) is 30.3 Å². The highest BCUT2D eigenvalue weighted by Crippen LogP contribution is 2.35. The monoisotopic (exact) mass is 493 g/mol. The summed E-state index contributed by atoms with van der Waals surface area (Å²) >= 11 is 18.0. The summed E-state index contributed by atoms with van der Waals surface area (Å²) in [6, 6.07) is 9.88. The van der Waals surface area contributed by atoms with Crippen molar-refractivity contribution < 1.29 is 4.74 Å². The molecule has 2 N–H and O–H groups in total. The molecule has 0 amide bonds. The Balaban J connectivity index is 1.43. The molecule has 4 rings (SSSR count). The van der Waals surface area contributed by atoms with E-state index in [0.29, 0.717) is 28.7 Å². The number of nitrogens with one attached hydrogen (secondary N) is 2. The van der Waals surface area contributed by atoms with Crippen LogP contribution in [0.1, 0.15) is 38.2 Å². The lowest BCUT2D eigenvalue weighted by molar-refractivity contribution is 0.0515. The number of thiocarbonyl (C=S) groups is 1. The maximum absolute atomic E-state index is 6.30. The molecule has 172 valence electrons. The largest absolute Gasteiger partial charge is 0.381 e. The first kappa shape index (κ1) is 23.5. The van der Waals surface area contributed by atoms with Crippen LogP contribution in [0.2, 0.25) is 10.2 Å². The van der Waals surface area contributed by atoms with Crippen molar-refractivity contribution in [3.8, 4) is 0 Å². The van der Waals surface area contributed by atoms with Crippen LogP contribution in [-0.4, -0.2) is 47.9 Å². The fraction of sp³-hybridized carbons (Fsp3) is 0.522. The number of halogens is 2. The highest BCUT2D eigenvalue weighted by atomic mass is 35.5. The lowest BCUT2D eigenvalue weighted by Crippen LogP contribution is -2.45. The van der Waals surface area contributed by atoms with Gasteiger partial charge in [0.25, 0.3) is 0 Å². The smallest absolute Gasteiger partial charge is 0.232 e. The molecule has 2 aliphatic rings. The first-order valence-electron chi connectivity index (χ1n) is 11.1. The summed E-state index contributed by atoms with van der Waals surface area (Å²) in [5.74, 6) is 1.89. The lowest BCUT2D eigenvalue weighted by atomic mass is 9.74. The minimum atomic E-state index is -0.0706. The summed E-state index contributed by atoms with van der Waals surface area (Å²) < 4.78 is 5.62. The number of benzene rings is 1. The number of anilines is 2. The van der Waals surface area contributed by atoms with Crippen LogP contribution in [0.5, 0.6) is 0 Å². The summed E-state index contributed by atoms with van der Waals surface area (Å²) in [5.41, 5.74) is 1.17. The zero-order valence-electron chi connectivity index (χ0n) is 18.2. The topological polar surface area (TPSA) is 62.3 Å². The van der Waals surface area contributed by atoms with Gasteiger partial charge < -0.3 is 20.3 Å². The van der Waals surface area contributed by atoms with E-state index in [9.17, 15) is 0 Å². The molecule has 3 heterocycles. The van der Waals surface area contributed by atoms with Crippen LogP contribution in [0.4, 0.5) is 11.8 Å². The summed E-state index contributed by atoms with van der Waals surface area (Å²) in [4.78, 5) is 11.3. The van der Waals surface area contributed by atoms with Gasteiger partial charge in [-0.2, -0.15) is 4.98 Å². The van der Waals surface area contributed by atoms with Gasteiger partial charge in [0.1, 0.15) is 11.0 Å². The van der Waals surface area contributed by atoms with Gasteiger partial charge in [0, 0.05) is 49.4 Å². The molecule has 1 aromatic carbocycles. The Labute approximate surface area is 205 Å². The minimum absolute atomic E-state index is 0.0706. The van der Waals surface area contributed by atoms with Gasteiger partial charge in [0.15, 0.2) is 5.11 Å². The average molecular weight is 494 g/mol. The Kier molecular flexibility index (Phi) is 7.71.